The number of para-hydroxylation sites is 2. The topological polar surface area (TPSA) is 58.6 Å². The van der Waals surface area contributed by atoms with E-state index in [2.05, 4.69) is 17.4 Å². The first-order valence-corrected chi connectivity index (χ1v) is 9.04. The quantitative estimate of drug-likeness (QED) is 0.924. The van der Waals surface area contributed by atoms with Gasteiger partial charge in [-0.3, -0.25) is 9.59 Å². The molecule has 0 fully saturated rings. The largest absolute Gasteiger partial charge is 0.477 e. The summed E-state index contributed by atoms with van der Waals surface area (Å²) in [7, 11) is 1.57. The summed E-state index contributed by atoms with van der Waals surface area (Å²) in [6, 6.07) is 13.7. The molecule has 0 bridgehead atoms. The van der Waals surface area contributed by atoms with Crippen LogP contribution in [0.15, 0.2) is 42.5 Å². The van der Waals surface area contributed by atoms with Gasteiger partial charge in [-0.1, -0.05) is 30.3 Å². The fourth-order valence-electron chi connectivity index (χ4n) is 3.77. The number of nitrogens with zero attached hydrogens (tertiary/aromatic N) is 1. The van der Waals surface area contributed by atoms with Crippen LogP contribution < -0.4 is 15.0 Å². The van der Waals surface area contributed by atoms with E-state index in [1.54, 1.807) is 18.0 Å². The number of hydrogen-bond acceptors (Lipinski definition) is 3. The van der Waals surface area contributed by atoms with Crippen molar-refractivity contribution in [1.82, 2.24) is 5.32 Å². The molecule has 1 aliphatic heterocycles. The van der Waals surface area contributed by atoms with Crippen molar-refractivity contribution in [3.05, 3.63) is 59.2 Å². The Morgan fingerprint density at radius 1 is 1.15 bits per heavy atom. The Morgan fingerprint density at radius 3 is 2.81 bits per heavy atom. The first-order chi connectivity index (χ1) is 12.7. The minimum absolute atomic E-state index is 0.0207. The fraction of sp³-hybridized carbons (Fsp3) is 0.333. The Bertz CT molecular complexity index is 862. The zero-order chi connectivity index (χ0) is 18.1. The van der Waals surface area contributed by atoms with Crippen molar-refractivity contribution in [2.75, 3.05) is 18.5 Å². The fourth-order valence-corrected chi connectivity index (χ4v) is 3.77. The molecule has 0 saturated heterocycles. The van der Waals surface area contributed by atoms with Gasteiger partial charge in [0.2, 0.25) is 5.91 Å². The van der Waals surface area contributed by atoms with Crippen LogP contribution in [0, 0.1) is 0 Å². The summed E-state index contributed by atoms with van der Waals surface area (Å²) < 4.78 is 5.77. The normalized spacial score (nSPS) is 17.9. The van der Waals surface area contributed by atoms with Crippen molar-refractivity contribution in [3.8, 4) is 5.75 Å². The molecule has 1 heterocycles. The Labute approximate surface area is 153 Å². The van der Waals surface area contributed by atoms with E-state index < -0.39 is 6.10 Å². The molecule has 5 nitrogen and oxygen atoms in total. The molecule has 0 aromatic heterocycles. The minimum Gasteiger partial charge on any atom is -0.477 e. The summed E-state index contributed by atoms with van der Waals surface area (Å²) in [5.74, 6) is 0.317. The number of carbonyl (C=O) groups is 2. The van der Waals surface area contributed by atoms with Crippen molar-refractivity contribution in [2.45, 2.75) is 31.8 Å². The lowest BCUT2D eigenvalue weighted by atomic mass is 10.0. The van der Waals surface area contributed by atoms with Gasteiger partial charge in [0.25, 0.3) is 5.91 Å². The number of aryl methyl sites for hydroxylation is 2. The van der Waals surface area contributed by atoms with E-state index in [0.717, 1.165) is 24.1 Å². The third-order valence-corrected chi connectivity index (χ3v) is 5.13. The average Bonchev–Trinajstić information content (AvgIpc) is 3.14. The summed E-state index contributed by atoms with van der Waals surface area (Å²) in [6.45, 7) is 0.223. The van der Waals surface area contributed by atoms with E-state index in [9.17, 15) is 9.59 Å². The maximum atomic E-state index is 13.0. The number of fused-ring (bicyclic) bond motifs is 2. The molecule has 2 aromatic carbocycles. The summed E-state index contributed by atoms with van der Waals surface area (Å²) in [6.07, 6.45) is 3.04. The van der Waals surface area contributed by atoms with Crippen LogP contribution in [0.3, 0.4) is 0 Å². The highest BCUT2D eigenvalue weighted by atomic mass is 16.5. The van der Waals surface area contributed by atoms with Gasteiger partial charge in [-0.25, -0.2) is 0 Å². The molecule has 5 heteroatoms. The van der Waals surface area contributed by atoms with Crippen LogP contribution in [-0.4, -0.2) is 31.5 Å². The summed E-state index contributed by atoms with van der Waals surface area (Å²) in [5.41, 5.74) is 4.51. The highest BCUT2D eigenvalue weighted by Crippen LogP contribution is 2.33. The van der Waals surface area contributed by atoms with Crippen molar-refractivity contribution >= 4 is 17.5 Å². The van der Waals surface area contributed by atoms with E-state index in [0.29, 0.717) is 12.2 Å². The van der Waals surface area contributed by atoms with Crippen LogP contribution in [0.1, 0.15) is 23.1 Å². The highest BCUT2D eigenvalue weighted by Gasteiger charge is 2.33. The first kappa shape index (κ1) is 16.6. The van der Waals surface area contributed by atoms with Gasteiger partial charge in [0.05, 0.1) is 18.7 Å². The van der Waals surface area contributed by atoms with Gasteiger partial charge in [-0.2, -0.15) is 0 Å². The zero-order valence-electron chi connectivity index (χ0n) is 14.8. The summed E-state index contributed by atoms with van der Waals surface area (Å²) in [5, 5.41) is 2.60. The molecule has 2 aliphatic rings. The zero-order valence-corrected chi connectivity index (χ0v) is 14.8. The molecule has 1 aliphatic carbocycles. The van der Waals surface area contributed by atoms with Crippen LogP contribution in [0.5, 0.6) is 5.75 Å². The number of ether oxygens (including phenoxy) is 1. The molecule has 0 saturated carbocycles. The molecular weight excluding hydrogens is 328 g/mol. The van der Waals surface area contributed by atoms with Crippen LogP contribution in [0.25, 0.3) is 0 Å². The number of anilines is 1. The van der Waals surface area contributed by atoms with Gasteiger partial charge >= 0.3 is 0 Å². The van der Waals surface area contributed by atoms with Crippen molar-refractivity contribution in [3.63, 3.8) is 0 Å². The van der Waals surface area contributed by atoms with E-state index in [1.165, 1.54) is 17.5 Å². The standard InChI is InChI=1S/C21H22N2O3/c1-22-21(25)19-13-23(17-7-2-3-8-18(17)26-19)20(24)12-14-9-10-15-5-4-6-16(15)11-14/h2-3,7-11,19H,4-6,12-13H2,1H3,(H,22,25)/t19-/m0/s1. The van der Waals surface area contributed by atoms with Gasteiger partial charge < -0.3 is 15.0 Å². The van der Waals surface area contributed by atoms with Crippen LogP contribution in [-0.2, 0) is 28.9 Å². The number of likely N-dealkylation sites (N-methyl/N-ethyl adjacent to an activating group) is 1. The molecule has 26 heavy (non-hydrogen) atoms. The Hall–Kier alpha value is -2.82. The Morgan fingerprint density at radius 2 is 1.96 bits per heavy atom. The highest BCUT2D eigenvalue weighted by molar-refractivity contribution is 5.98. The molecule has 2 aromatic rings. The predicted octanol–water partition coefficient (Wildman–Crippen LogP) is 2.26. The maximum absolute atomic E-state index is 13.0. The molecule has 1 N–H and O–H groups in total. The number of amides is 2. The van der Waals surface area contributed by atoms with Gasteiger partial charge in [-0.15, -0.1) is 0 Å². The number of hydrogen-bond donors (Lipinski definition) is 1. The third-order valence-electron chi connectivity index (χ3n) is 5.13. The molecule has 4 rings (SSSR count). The number of carbonyl (C=O) groups excluding carboxylic acids is 2. The Balaban J connectivity index is 1.58. The summed E-state index contributed by atoms with van der Waals surface area (Å²) in [4.78, 5) is 26.8. The lowest BCUT2D eigenvalue weighted by Crippen LogP contribution is -2.50. The first-order valence-electron chi connectivity index (χ1n) is 9.04. The molecule has 0 spiro atoms. The van der Waals surface area contributed by atoms with E-state index in [1.807, 2.05) is 24.3 Å². The van der Waals surface area contributed by atoms with Gasteiger partial charge in [0, 0.05) is 7.05 Å². The monoisotopic (exact) mass is 350 g/mol. The van der Waals surface area contributed by atoms with Crippen molar-refractivity contribution in [2.24, 2.45) is 0 Å². The minimum atomic E-state index is -0.695. The molecular formula is C21H22N2O3. The van der Waals surface area contributed by atoms with Crippen molar-refractivity contribution < 1.29 is 14.3 Å². The molecule has 0 unspecified atom stereocenters. The maximum Gasteiger partial charge on any atom is 0.262 e. The SMILES string of the molecule is CNC(=O)[C@@H]1CN(C(=O)Cc2ccc3c(c2)CCC3)c2ccccc2O1. The van der Waals surface area contributed by atoms with E-state index >= 15 is 0 Å². The van der Waals surface area contributed by atoms with Gasteiger partial charge in [-0.05, 0) is 48.1 Å². The number of benzene rings is 2. The second kappa shape index (κ2) is 6.83. The second-order valence-electron chi connectivity index (χ2n) is 6.83. The van der Waals surface area contributed by atoms with Gasteiger partial charge in [0.1, 0.15) is 5.75 Å². The average molecular weight is 350 g/mol. The van der Waals surface area contributed by atoms with Gasteiger partial charge in [0.15, 0.2) is 6.10 Å². The Kier molecular flexibility index (Phi) is 4.37. The number of rotatable bonds is 3. The second-order valence-corrected chi connectivity index (χ2v) is 6.83. The number of nitrogens with one attached hydrogen (secondary N) is 1. The molecule has 2 amide bonds. The molecule has 1 atom stereocenters. The lowest BCUT2D eigenvalue weighted by molar-refractivity contribution is -0.127. The van der Waals surface area contributed by atoms with Crippen LogP contribution in [0.2, 0.25) is 0 Å². The third kappa shape index (κ3) is 3.05. The smallest absolute Gasteiger partial charge is 0.262 e. The van der Waals surface area contributed by atoms with Crippen LogP contribution >= 0.6 is 0 Å². The van der Waals surface area contributed by atoms with E-state index in [4.69, 9.17) is 4.74 Å². The predicted molar refractivity (Wildman–Crippen MR) is 99.4 cm³/mol. The molecule has 134 valence electrons. The lowest BCUT2D eigenvalue weighted by Gasteiger charge is -2.34. The van der Waals surface area contributed by atoms with E-state index in [-0.39, 0.29) is 18.4 Å². The molecule has 0 radical (unpaired) electrons. The van der Waals surface area contributed by atoms with Crippen LogP contribution in [0.4, 0.5) is 5.69 Å². The van der Waals surface area contributed by atoms with Crippen molar-refractivity contribution in [1.29, 1.82) is 0 Å². The summed E-state index contributed by atoms with van der Waals surface area (Å²) >= 11 is 0.